The van der Waals surface area contributed by atoms with Gasteiger partial charge in [0, 0.05) is 11.3 Å². The predicted octanol–water partition coefficient (Wildman–Crippen LogP) is 3.16. The predicted molar refractivity (Wildman–Crippen MR) is 100 cm³/mol. The normalized spacial score (nSPS) is 11.3. The van der Waals surface area contributed by atoms with Gasteiger partial charge in [0.05, 0.1) is 31.9 Å². The smallest absolute Gasteiger partial charge is 0.338 e. The number of ether oxygens (including phenoxy) is 2. The number of nitrogens with one attached hydrogen (secondary N) is 2. The molecular weight excluding hydrogens is 332 g/mol. The second-order valence-electron chi connectivity index (χ2n) is 5.68. The van der Waals surface area contributed by atoms with Crippen molar-refractivity contribution in [1.29, 1.82) is 0 Å². The Labute approximate surface area is 153 Å². The Morgan fingerprint density at radius 2 is 1.77 bits per heavy atom. The third-order valence-corrected chi connectivity index (χ3v) is 3.83. The lowest BCUT2D eigenvalue weighted by molar-refractivity contribution is -0.120. The van der Waals surface area contributed by atoms with Crippen molar-refractivity contribution in [3.63, 3.8) is 0 Å². The number of benzene rings is 2. The molecule has 2 aromatic rings. The highest BCUT2D eigenvalue weighted by Crippen LogP contribution is 2.24. The van der Waals surface area contributed by atoms with Crippen molar-refractivity contribution in [3.8, 4) is 5.75 Å². The minimum atomic E-state index is -0.359. The van der Waals surface area contributed by atoms with Gasteiger partial charge in [-0.1, -0.05) is 18.2 Å². The highest BCUT2D eigenvalue weighted by Gasteiger charge is 2.13. The quantitative estimate of drug-likeness (QED) is 0.711. The molecule has 0 spiro atoms. The van der Waals surface area contributed by atoms with Crippen LogP contribution in [-0.4, -0.2) is 32.1 Å². The minimum absolute atomic E-state index is 0.123. The molecule has 6 nitrogen and oxygen atoms in total. The van der Waals surface area contributed by atoms with E-state index in [1.165, 1.54) is 0 Å². The van der Waals surface area contributed by atoms with Gasteiger partial charge in [0.15, 0.2) is 0 Å². The fraction of sp³-hybridized carbons (Fsp3) is 0.300. The topological polar surface area (TPSA) is 76.7 Å². The first-order valence-corrected chi connectivity index (χ1v) is 8.48. The van der Waals surface area contributed by atoms with Crippen molar-refractivity contribution in [2.24, 2.45) is 0 Å². The van der Waals surface area contributed by atoms with E-state index in [4.69, 9.17) is 9.47 Å². The Morgan fingerprint density at radius 1 is 1.08 bits per heavy atom. The van der Waals surface area contributed by atoms with Crippen LogP contribution in [0.15, 0.2) is 48.5 Å². The summed E-state index contributed by atoms with van der Waals surface area (Å²) in [6.45, 7) is 4.13. The maximum absolute atomic E-state index is 12.2. The van der Waals surface area contributed by atoms with Crippen LogP contribution < -0.4 is 15.4 Å². The van der Waals surface area contributed by atoms with Crippen LogP contribution in [0, 0.1) is 0 Å². The molecule has 0 fully saturated rings. The fourth-order valence-corrected chi connectivity index (χ4v) is 2.52. The van der Waals surface area contributed by atoms with Crippen LogP contribution in [0.2, 0.25) is 0 Å². The number of carbonyl (C=O) groups is 2. The molecule has 0 aliphatic heterocycles. The lowest BCUT2D eigenvalue weighted by atomic mass is 10.1. The van der Waals surface area contributed by atoms with E-state index in [2.05, 4.69) is 10.6 Å². The molecule has 26 heavy (non-hydrogen) atoms. The second-order valence-corrected chi connectivity index (χ2v) is 5.68. The molecule has 0 aliphatic carbocycles. The van der Waals surface area contributed by atoms with Gasteiger partial charge in [0.2, 0.25) is 5.91 Å². The van der Waals surface area contributed by atoms with Crippen molar-refractivity contribution in [2.45, 2.75) is 19.9 Å². The Kier molecular flexibility index (Phi) is 7.02. The molecule has 6 heteroatoms. The van der Waals surface area contributed by atoms with Gasteiger partial charge in [0.1, 0.15) is 5.75 Å². The van der Waals surface area contributed by atoms with Gasteiger partial charge >= 0.3 is 5.97 Å². The van der Waals surface area contributed by atoms with Crippen LogP contribution in [0.3, 0.4) is 0 Å². The largest absolute Gasteiger partial charge is 0.496 e. The molecule has 0 aliphatic rings. The minimum Gasteiger partial charge on any atom is -0.496 e. The molecular formula is C20H24N2O4. The van der Waals surface area contributed by atoms with E-state index in [-0.39, 0.29) is 24.5 Å². The summed E-state index contributed by atoms with van der Waals surface area (Å²) in [6, 6.07) is 14.2. The molecule has 0 saturated carbocycles. The number of methoxy groups -OCH3 is 1. The molecule has 0 heterocycles. The van der Waals surface area contributed by atoms with E-state index in [1.807, 2.05) is 31.2 Å². The summed E-state index contributed by atoms with van der Waals surface area (Å²) in [4.78, 5) is 23.8. The number of esters is 1. The third kappa shape index (κ3) is 5.24. The van der Waals surface area contributed by atoms with Crippen LogP contribution in [0.5, 0.6) is 5.75 Å². The zero-order chi connectivity index (χ0) is 18.9. The molecule has 2 aromatic carbocycles. The third-order valence-electron chi connectivity index (χ3n) is 3.83. The fourth-order valence-electron chi connectivity index (χ4n) is 2.52. The molecule has 2 rings (SSSR count). The molecule has 138 valence electrons. The van der Waals surface area contributed by atoms with Gasteiger partial charge in [-0.05, 0) is 44.2 Å². The number of para-hydroxylation sites is 1. The SMILES string of the molecule is CCOC(=O)c1ccc(NCC(=O)NC(C)c2ccccc2OC)cc1. The van der Waals surface area contributed by atoms with Crippen molar-refractivity contribution in [1.82, 2.24) is 5.32 Å². The number of hydrogen-bond donors (Lipinski definition) is 2. The number of carbonyl (C=O) groups excluding carboxylic acids is 2. The molecule has 1 unspecified atom stereocenters. The van der Waals surface area contributed by atoms with Crippen molar-refractivity contribution in [3.05, 3.63) is 59.7 Å². The lowest BCUT2D eigenvalue weighted by Crippen LogP contribution is -2.32. The van der Waals surface area contributed by atoms with Gasteiger partial charge in [-0.15, -0.1) is 0 Å². The zero-order valence-electron chi connectivity index (χ0n) is 15.2. The monoisotopic (exact) mass is 356 g/mol. The van der Waals surface area contributed by atoms with E-state index < -0.39 is 0 Å². The van der Waals surface area contributed by atoms with E-state index >= 15 is 0 Å². The molecule has 1 atom stereocenters. The standard InChI is InChI=1S/C20H24N2O4/c1-4-26-20(24)15-9-11-16(12-10-15)21-13-19(23)22-14(2)17-7-5-6-8-18(17)25-3/h5-12,14,21H,4,13H2,1-3H3,(H,22,23). The summed E-state index contributed by atoms with van der Waals surface area (Å²) in [6.07, 6.45) is 0. The van der Waals surface area contributed by atoms with Gasteiger partial charge in [-0.3, -0.25) is 4.79 Å². The van der Waals surface area contributed by atoms with Gasteiger partial charge in [0.25, 0.3) is 0 Å². The van der Waals surface area contributed by atoms with Crippen molar-refractivity contribution < 1.29 is 19.1 Å². The summed E-state index contributed by atoms with van der Waals surface area (Å²) >= 11 is 0. The average Bonchev–Trinajstić information content (AvgIpc) is 2.66. The van der Waals surface area contributed by atoms with Crippen molar-refractivity contribution in [2.75, 3.05) is 25.6 Å². The molecule has 0 aromatic heterocycles. The number of anilines is 1. The Hall–Kier alpha value is -3.02. The first-order chi connectivity index (χ1) is 12.5. The van der Waals surface area contributed by atoms with Gasteiger partial charge in [-0.2, -0.15) is 0 Å². The Morgan fingerprint density at radius 3 is 2.42 bits per heavy atom. The van der Waals surface area contributed by atoms with E-state index in [0.29, 0.717) is 12.2 Å². The van der Waals surface area contributed by atoms with E-state index in [0.717, 1.165) is 17.0 Å². The Bertz CT molecular complexity index is 744. The van der Waals surface area contributed by atoms with Crippen LogP contribution in [0.4, 0.5) is 5.69 Å². The first kappa shape index (κ1) is 19.3. The van der Waals surface area contributed by atoms with Crippen LogP contribution in [-0.2, 0) is 9.53 Å². The maximum Gasteiger partial charge on any atom is 0.338 e. The lowest BCUT2D eigenvalue weighted by Gasteiger charge is -2.17. The van der Waals surface area contributed by atoms with Crippen LogP contribution in [0.1, 0.15) is 35.8 Å². The number of hydrogen-bond acceptors (Lipinski definition) is 5. The molecule has 0 saturated heterocycles. The first-order valence-electron chi connectivity index (χ1n) is 8.48. The summed E-state index contributed by atoms with van der Waals surface area (Å²) in [7, 11) is 1.61. The molecule has 2 N–H and O–H groups in total. The van der Waals surface area contributed by atoms with Gasteiger partial charge in [-0.25, -0.2) is 4.79 Å². The number of amides is 1. The second kappa shape index (κ2) is 9.46. The van der Waals surface area contributed by atoms with E-state index in [9.17, 15) is 9.59 Å². The summed E-state index contributed by atoms with van der Waals surface area (Å²) in [5, 5.41) is 5.96. The zero-order valence-corrected chi connectivity index (χ0v) is 15.2. The van der Waals surface area contributed by atoms with Crippen molar-refractivity contribution >= 4 is 17.6 Å². The molecule has 0 bridgehead atoms. The molecule has 0 radical (unpaired) electrons. The van der Waals surface area contributed by atoms with Crippen LogP contribution in [0.25, 0.3) is 0 Å². The van der Waals surface area contributed by atoms with Gasteiger partial charge < -0.3 is 20.1 Å². The average molecular weight is 356 g/mol. The Balaban J connectivity index is 1.87. The summed E-state index contributed by atoms with van der Waals surface area (Å²) < 4.78 is 10.3. The highest BCUT2D eigenvalue weighted by molar-refractivity contribution is 5.90. The highest BCUT2D eigenvalue weighted by atomic mass is 16.5. The molecule has 1 amide bonds. The van der Waals surface area contributed by atoms with E-state index in [1.54, 1.807) is 38.3 Å². The number of rotatable bonds is 8. The summed E-state index contributed by atoms with van der Waals surface area (Å²) in [5.74, 6) is 0.239. The maximum atomic E-state index is 12.2. The van der Waals surface area contributed by atoms with Crippen LogP contribution >= 0.6 is 0 Å². The summed E-state index contributed by atoms with van der Waals surface area (Å²) in [5.41, 5.74) is 2.15.